The SMILES string of the molecule is CC(C)(C)NCc1nnc(C2CCCC2)o1. The number of hydrogen-bond donors (Lipinski definition) is 1. The fourth-order valence-electron chi connectivity index (χ4n) is 2.02. The van der Waals surface area contributed by atoms with E-state index < -0.39 is 0 Å². The van der Waals surface area contributed by atoms with Crippen LogP contribution in [0.4, 0.5) is 0 Å². The second-order valence-electron chi connectivity index (χ2n) is 5.62. The topological polar surface area (TPSA) is 51.0 Å². The van der Waals surface area contributed by atoms with Crippen molar-refractivity contribution >= 4 is 0 Å². The van der Waals surface area contributed by atoms with Gasteiger partial charge in [-0.15, -0.1) is 10.2 Å². The first-order valence-electron chi connectivity index (χ1n) is 6.12. The molecule has 1 aromatic heterocycles. The van der Waals surface area contributed by atoms with Gasteiger partial charge in [-0.25, -0.2) is 0 Å². The molecule has 4 heteroatoms. The van der Waals surface area contributed by atoms with Gasteiger partial charge in [0.2, 0.25) is 11.8 Å². The van der Waals surface area contributed by atoms with E-state index in [1.54, 1.807) is 0 Å². The Labute approximate surface area is 96.8 Å². The molecule has 1 N–H and O–H groups in total. The lowest BCUT2D eigenvalue weighted by molar-refractivity contribution is 0.361. The van der Waals surface area contributed by atoms with Crippen molar-refractivity contribution in [2.45, 2.75) is 64.5 Å². The summed E-state index contributed by atoms with van der Waals surface area (Å²) >= 11 is 0. The molecule has 0 aliphatic heterocycles. The van der Waals surface area contributed by atoms with Crippen molar-refractivity contribution in [2.75, 3.05) is 0 Å². The molecule has 0 atom stereocenters. The van der Waals surface area contributed by atoms with Gasteiger partial charge in [-0.3, -0.25) is 0 Å². The first-order valence-corrected chi connectivity index (χ1v) is 6.12. The Morgan fingerprint density at radius 2 is 1.94 bits per heavy atom. The van der Waals surface area contributed by atoms with Crippen LogP contribution < -0.4 is 5.32 Å². The van der Waals surface area contributed by atoms with E-state index in [1.807, 2.05) is 0 Å². The summed E-state index contributed by atoms with van der Waals surface area (Å²) in [5.74, 6) is 2.05. The highest BCUT2D eigenvalue weighted by atomic mass is 16.4. The van der Waals surface area contributed by atoms with Crippen LogP contribution in [0.5, 0.6) is 0 Å². The van der Waals surface area contributed by atoms with Gasteiger partial charge in [0.05, 0.1) is 6.54 Å². The minimum Gasteiger partial charge on any atom is -0.424 e. The van der Waals surface area contributed by atoms with Crippen LogP contribution in [-0.4, -0.2) is 15.7 Å². The Kier molecular flexibility index (Phi) is 3.28. The standard InChI is InChI=1S/C12H21N3O/c1-12(2,3)13-8-10-14-15-11(16-10)9-6-4-5-7-9/h9,13H,4-8H2,1-3H3. The minimum absolute atomic E-state index is 0.0853. The predicted molar refractivity (Wildman–Crippen MR) is 62.1 cm³/mol. The monoisotopic (exact) mass is 223 g/mol. The number of hydrogen-bond acceptors (Lipinski definition) is 4. The molecule has 0 bridgehead atoms. The zero-order chi connectivity index (χ0) is 11.6. The highest BCUT2D eigenvalue weighted by Crippen LogP contribution is 2.33. The van der Waals surface area contributed by atoms with E-state index in [2.05, 4.69) is 36.3 Å². The smallest absolute Gasteiger partial charge is 0.230 e. The minimum atomic E-state index is 0.0853. The highest BCUT2D eigenvalue weighted by molar-refractivity contribution is 4.94. The summed E-state index contributed by atoms with van der Waals surface area (Å²) in [7, 11) is 0. The highest BCUT2D eigenvalue weighted by Gasteiger charge is 2.22. The van der Waals surface area contributed by atoms with Crippen LogP contribution in [0, 0.1) is 0 Å². The van der Waals surface area contributed by atoms with Crippen molar-refractivity contribution in [3.63, 3.8) is 0 Å². The van der Waals surface area contributed by atoms with Crippen molar-refractivity contribution in [3.8, 4) is 0 Å². The Balaban J connectivity index is 1.91. The zero-order valence-corrected chi connectivity index (χ0v) is 10.4. The van der Waals surface area contributed by atoms with Crippen LogP contribution in [0.2, 0.25) is 0 Å². The average molecular weight is 223 g/mol. The summed E-state index contributed by atoms with van der Waals surface area (Å²) in [6.07, 6.45) is 4.99. The van der Waals surface area contributed by atoms with Gasteiger partial charge in [-0.05, 0) is 33.6 Å². The van der Waals surface area contributed by atoms with Crippen molar-refractivity contribution < 1.29 is 4.42 Å². The van der Waals surface area contributed by atoms with Crippen LogP contribution in [0.25, 0.3) is 0 Å². The van der Waals surface area contributed by atoms with Gasteiger partial charge in [-0.1, -0.05) is 12.8 Å². The van der Waals surface area contributed by atoms with Gasteiger partial charge < -0.3 is 9.73 Å². The Hall–Kier alpha value is -0.900. The molecule has 0 spiro atoms. The molecule has 1 aliphatic rings. The van der Waals surface area contributed by atoms with E-state index in [1.165, 1.54) is 25.7 Å². The third-order valence-corrected chi connectivity index (χ3v) is 2.96. The van der Waals surface area contributed by atoms with Crippen molar-refractivity contribution in [1.82, 2.24) is 15.5 Å². The third-order valence-electron chi connectivity index (χ3n) is 2.96. The van der Waals surface area contributed by atoms with Crippen LogP contribution in [0.15, 0.2) is 4.42 Å². The third kappa shape index (κ3) is 3.04. The van der Waals surface area contributed by atoms with E-state index in [4.69, 9.17) is 4.42 Å². The molecule has 1 aliphatic carbocycles. The molecule has 4 nitrogen and oxygen atoms in total. The second-order valence-corrected chi connectivity index (χ2v) is 5.62. The van der Waals surface area contributed by atoms with Crippen LogP contribution in [-0.2, 0) is 6.54 Å². The van der Waals surface area contributed by atoms with Crippen molar-refractivity contribution in [1.29, 1.82) is 0 Å². The molecule has 0 amide bonds. The van der Waals surface area contributed by atoms with Gasteiger partial charge in [-0.2, -0.15) is 0 Å². The van der Waals surface area contributed by atoms with Crippen molar-refractivity contribution in [3.05, 3.63) is 11.8 Å². The van der Waals surface area contributed by atoms with E-state index in [0.717, 1.165) is 5.89 Å². The first kappa shape index (κ1) is 11.6. The molecule has 1 aromatic rings. The number of nitrogens with one attached hydrogen (secondary N) is 1. The maximum atomic E-state index is 5.68. The quantitative estimate of drug-likeness (QED) is 0.855. The molecule has 0 radical (unpaired) electrons. The molecule has 1 fully saturated rings. The van der Waals surface area contributed by atoms with Crippen LogP contribution in [0.1, 0.15) is 64.2 Å². The molecule has 0 unspecified atom stereocenters. The summed E-state index contributed by atoms with van der Waals surface area (Å²) in [5.41, 5.74) is 0.0853. The van der Waals surface area contributed by atoms with Crippen LogP contribution in [0.3, 0.4) is 0 Å². The number of nitrogens with zero attached hydrogens (tertiary/aromatic N) is 2. The lowest BCUT2D eigenvalue weighted by Crippen LogP contribution is -2.35. The molecule has 0 aromatic carbocycles. The van der Waals surface area contributed by atoms with E-state index in [-0.39, 0.29) is 5.54 Å². The normalized spacial score (nSPS) is 18.2. The Morgan fingerprint density at radius 1 is 1.25 bits per heavy atom. The van der Waals surface area contributed by atoms with Crippen molar-refractivity contribution in [2.24, 2.45) is 0 Å². The maximum Gasteiger partial charge on any atom is 0.230 e. The maximum absolute atomic E-state index is 5.68. The molecule has 16 heavy (non-hydrogen) atoms. The summed E-state index contributed by atoms with van der Waals surface area (Å²) < 4.78 is 5.68. The number of rotatable bonds is 3. The fraction of sp³-hybridized carbons (Fsp3) is 0.833. The lowest BCUT2D eigenvalue weighted by atomic mass is 10.1. The Morgan fingerprint density at radius 3 is 2.56 bits per heavy atom. The molecule has 0 saturated heterocycles. The Bertz CT molecular complexity index is 334. The molecule has 90 valence electrons. The zero-order valence-electron chi connectivity index (χ0n) is 10.4. The predicted octanol–water partition coefficient (Wildman–Crippen LogP) is 2.62. The van der Waals surface area contributed by atoms with E-state index in [9.17, 15) is 0 Å². The van der Waals surface area contributed by atoms with Gasteiger partial charge in [0.15, 0.2) is 0 Å². The van der Waals surface area contributed by atoms with Gasteiger partial charge >= 0.3 is 0 Å². The summed E-state index contributed by atoms with van der Waals surface area (Å²) in [5, 5.41) is 11.6. The molecule has 2 rings (SSSR count). The molecule has 1 heterocycles. The van der Waals surface area contributed by atoms with E-state index in [0.29, 0.717) is 18.4 Å². The van der Waals surface area contributed by atoms with Gasteiger partial charge in [0.25, 0.3) is 0 Å². The summed E-state index contributed by atoms with van der Waals surface area (Å²) in [6, 6.07) is 0. The molecule has 1 saturated carbocycles. The average Bonchev–Trinajstić information content (AvgIpc) is 2.84. The van der Waals surface area contributed by atoms with Gasteiger partial charge in [0, 0.05) is 11.5 Å². The number of aromatic nitrogens is 2. The molecular formula is C12H21N3O. The molecular weight excluding hydrogens is 202 g/mol. The summed E-state index contributed by atoms with van der Waals surface area (Å²) in [6.45, 7) is 7.03. The van der Waals surface area contributed by atoms with Gasteiger partial charge in [0.1, 0.15) is 0 Å². The van der Waals surface area contributed by atoms with Crippen LogP contribution >= 0.6 is 0 Å². The largest absolute Gasteiger partial charge is 0.424 e. The summed E-state index contributed by atoms with van der Waals surface area (Å²) in [4.78, 5) is 0. The fourth-order valence-corrected chi connectivity index (χ4v) is 2.02. The first-order chi connectivity index (χ1) is 7.54. The second kappa shape index (κ2) is 4.53. The lowest BCUT2D eigenvalue weighted by Gasteiger charge is -2.18. The van der Waals surface area contributed by atoms with E-state index >= 15 is 0 Å².